The van der Waals surface area contributed by atoms with Crippen LogP contribution in [0.15, 0.2) is 24.3 Å². The van der Waals surface area contributed by atoms with Gasteiger partial charge in [-0.15, -0.1) is 12.4 Å². The van der Waals surface area contributed by atoms with E-state index in [9.17, 15) is 0 Å². The van der Waals surface area contributed by atoms with Gasteiger partial charge in [0, 0.05) is 6.54 Å². The average molecular weight is 270 g/mol. The van der Waals surface area contributed by atoms with Gasteiger partial charge in [-0.1, -0.05) is 32.9 Å². The van der Waals surface area contributed by atoms with Crippen molar-refractivity contribution >= 4 is 12.4 Å². The fraction of sp³-hybridized carbons (Fsp3) is 0.600. The Hall–Kier alpha value is -0.730. The number of nitrogens with one attached hydrogen (secondary N) is 1. The van der Waals surface area contributed by atoms with Crippen LogP contribution in [0.3, 0.4) is 0 Å². The van der Waals surface area contributed by atoms with Crippen molar-refractivity contribution in [3.05, 3.63) is 29.8 Å². The molecule has 0 aromatic heterocycles. The van der Waals surface area contributed by atoms with Crippen molar-refractivity contribution in [2.75, 3.05) is 13.1 Å². The van der Waals surface area contributed by atoms with E-state index < -0.39 is 0 Å². The topological polar surface area (TPSA) is 21.3 Å². The van der Waals surface area contributed by atoms with Crippen LogP contribution in [0.2, 0.25) is 0 Å². The van der Waals surface area contributed by atoms with Gasteiger partial charge in [0.15, 0.2) is 0 Å². The van der Waals surface area contributed by atoms with Gasteiger partial charge in [-0.05, 0) is 42.5 Å². The van der Waals surface area contributed by atoms with Crippen LogP contribution < -0.4 is 10.1 Å². The Bertz CT molecular complexity index is 355. The van der Waals surface area contributed by atoms with E-state index in [2.05, 4.69) is 50.4 Å². The molecule has 2 rings (SSSR count). The average Bonchev–Trinajstić information content (AvgIpc) is 2.83. The maximum absolute atomic E-state index is 5.91. The minimum absolute atomic E-state index is 0. The number of benzene rings is 1. The van der Waals surface area contributed by atoms with Crippen molar-refractivity contribution < 1.29 is 4.74 Å². The van der Waals surface area contributed by atoms with E-state index in [-0.39, 0.29) is 17.8 Å². The van der Waals surface area contributed by atoms with Gasteiger partial charge in [0.25, 0.3) is 0 Å². The molecule has 0 aliphatic carbocycles. The Morgan fingerprint density at radius 1 is 1.28 bits per heavy atom. The zero-order chi connectivity index (χ0) is 12.3. The van der Waals surface area contributed by atoms with Crippen LogP contribution in [-0.2, 0) is 5.41 Å². The molecule has 3 heteroatoms. The van der Waals surface area contributed by atoms with E-state index >= 15 is 0 Å². The molecule has 0 radical (unpaired) electrons. The van der Waals surface area contributed by atoms with Crippen molar-refractivity contribution in [3.8, 4) is 5.75 Å². The van der Waals surface area contributed by atoms with Crippen LogP contribution in [0.4, 0.5) is 0 Å². The zero-order valence-corrected chi connectivity index (χ0v) is 12.3. The molecule has 1 aliphatic rings. The molecule has 1 unspecified atom stereocenters. The summed E-state index contributed by atoms with van der Waals surface area (Å²) in [4.78, 5) is 0. The highest BCUT2D eigenvalue weighted by Crippen LogP contribution is 2.28. The lowest BCUT2D eigenvalue weighted by atomic mass is 9.82. The van der Waals surface area contributed by atoms with E-state index in [4.69, 9.17) is 4.74 Å². The van der Waals surface area contributed by atoms with E-state index in [1.165, 1.54) is 5.56 Å². The second kappa shape index (κ2) is 6.44. The van der Waals surface area contributed by atoms with Crippen molar-refractivity contribution in [1.82, 2.24) is 5.32 Å². The summed E-state index contributed by atoms with van der Waals surface area (Å²) < 4.78 is 5.91. The molecule has 102 valence electrons. The maximum atomic E-state index is 5.91. The minimum atomic E-state index is 0. The molecule has 0 spiro atoms. The number of halogens is 1. The normalized spacial score (nSPS) is 19.4. The van der Waals surface area contributed by atoms with Gasteiger partial charge < -0.3 is 10.1 Å². The summed E-state index contributed by atoms with van der Waals surface area (Å²) in [6.45, 7) is 8.84. The molecular weight excluding hydrogens is 246 g/mol. The maximum Gasteiger partial charge on any atom is 0.119 e. The van der Waals surface area contributed by atoms with Crippen LogP contribution in [0, 0.1) is 0 Å². The van der Waals surface area contributed by atoms with Crippen LogP contribution in [0.1, 0.15) is 39.2 Å². The Labute approximate surface area is 117 Å². The van der Waals surface area contributed by atoms with Crippen LogP contribution >= 0.6 is 12.4 Å². The van der Waals surface area contributed by atoms with Crippen molar-refractivity contribution in [3.63, 3.8) is 0 Å². The zero-order valence-electron chi connectivity index (χ0n) is 11.5. The molecule has 1 aromatic carbocycles. The molecule has 1 aromatic rings. The van der Waals surface area contributed by atoms with Crippen LogP contribution in [0.25, 0.3) is 0 Å². The summed E-state index contributed by atoms with van der Waals surface area (Å²) in [7, 11) is 0. The van der Waals surface area contributed by atoms with Gasteiger partial charge >= 0.3 is 0 Å². The Morgan fingerprint density at radius 3 is 2.44 bits per heavy atom. The predicted molar refractivity (Wildman–Crippen MR) is 78.9 cm³/mol. The number of hydrogen-bond donors (Lipinski definition) is 1. The van der Waals surface area contributed by atoms with E-state index in [0.29, 0.717) is 6.10 Å². The van der Waals surface area contributed by atoms with E-state index in [1.807, 2.05) is 0 Å². The third-order valence-electron chi connectivity index (χ3n) is 3.84. The summed E-state index contributed by atoms with van der Waals surface area (Å²) in [5.74, 6) is 0.995. The van der Waals surface area contributed by atoms with Crippen LogP contribution in [-0.4, -0.2) is 19.2 Å². The number of ether oxygens (including phenoxy) is 1. The molecular formula is C15H24ClNO. The fourth-order valence-corrected chi connectivity index (χ4v) is 2.11. The molecule has 0 bridgehead atoms. The van der Waals surface area contributed by atoms with Crippen molar-refractivity contribution in [2.24, 2.45) is 0 Å². The highest BCUT2D eigenvalue weighted by Gasteiger charge is 2.19. The first-order valence-corrected chi connectivity index (χ1v) is 6.60. The summed E-state index contributed by atoms with van der Waals surface area (Å²) in [5, 5.41) is 3.31. The van der Waals surface area contributed by atoms with Gasteiger partial charge in [0.05, 0.1) is 0 Å². The molecule has 1 saturated heterocycles. The first-order chi connectivity index (χ1) is 8.12. The van der Waals surface area contributed by atoms with Gasteiger partial charge in [-0.25, -0.2) is 0 Å². The van der Waals surface area contributed by atoms with E-state index in [1.54, 1.807) is 0 Å². The second-order valence-corrected chi connectivity index (χ2v) is 5.49. The van der Waals surface area contributed by atoms with Gasteiger partial charge in [0.1, 0.15) is 11.9 Å². The first-order valence-electron chi connectivity index (χ1n) is 6.60. The smallest absolute Gasteiger partial charge is 0.119 e. The SMILES string of the molecule is CCC(C)(C)c1ccc(OC2CCNC2)cc1.Cl. The summed E-state index contributed by atoms with van der Waals surface area (Å²) in [5.41, 5.74) is 1.64. The predicted octanol–water partition coefficient (Wildman–Crippen LogP) is 3.54. The fourth-order valence-electron chi connectivity index (χ4n) is 2.11. The molecule has 1 atom stereocenters. The molecule has 18 heavy (non-hydrogen) atoms. The second-order valence-electron chi connectivity index (χ2n) is 5.49. The van der Waals surface area contributed by atoms with Crippen molar-refractivity contribution in [2.45, 2.75) is 45.1 Å². The standard InChI is InChI=1S/C15H23NO.ClH/c1-4-15(2,3)12-5-7-13(8-6-12)17-14-9-10-16-11-14;/h5-8,14,16H,4,9-11H2,1-3H3;1H. The molecule has 0 amide bonds. The van der Waals surface area contributed by atoms with Gasteiger partial charge in [-0.2, -0.15) is 0 Å². The highest BCUT2D eigenvalue weighted by molar-refractivity contribution is 5.85. The molecule has 1 fully saturated rings. The quantitative estimate of drug-likeness (QED) is 0.903. The molecule has 1 N–H and O–H groups in total. The van der Waals surface area contributed by atoms with Crippen molar-refractivity contribution in [1.29, 1.82) is 0 Å². The molecule has 1 aliphatic heterocycles. The molecule has 0 saturated carbocycles. The number of rotatable bonds is 4. The van der Waals surface area contributed by atoms with Gasteiger partial charge in [0.2, 0.25) is 0 Å². The summed E-state index contributed by atoms with van der Waals surface area (Å²) in [6.07, 6.45) is 2.61. The van der Waals surface area contributed by atoms with E-state index in [0.717, 1.165) is 31.7 Å². The lowest BCUT2D eigenvalue weighted by Crippen LogP contribution is -2.20. The lowest BCUT2D eigenvalue weighted by Gasteiger charge is -2.23. The Morgan fingerprint density at radius 2 is 1.94 bits per heavy atom. The third-order valence-corrected chi connectivity index (χ3v) is 3.84. The Kier molecular flexibility index (Phi) is 5.48. The van der Waals surface area contributed by atoms with Gasteiger partial charge in [-0.3, -0.25) is 0 Å². The van der Waals surface area contributed by atoms with Crippen LogP contribution in [0.5, 0.6) is 5.75 Å². The lowest BCUT2D eigenvalue weighted by molar-refractivity contribution is 0.223. The first kappa shape index (κ1) is 15.3. The highest BCUT2D eigenvalue weighted by atomic mass is 35.5. The third kappa shape index (κ3) is 3.63. The Balaban J connectivity index is 0.00000162. The summed E-state index contributed by atoms with van der Waals surface area (Å²) in [6, 6.07) is 8.60. The number of hydrogen-bond acceptors (Lipinski definition) is 2. The largest absolute Gasteiger partial charge is 0.489 e. The monoisotopic (exact) mass is 269 g/mol. The minimum Gasteiger partial charge on any atom is -0.489 e. The molecule has 2 nitrogen and oxygen atoms in total. The molecule has 1 heterocycles. The summed E-state index contributed by atoms with van der Waals surface area (Å²) >= 11 is 0.